The van der Waals surface area contributed by atoms with Crippen LogP contribution in [0.25, 0.3) is 10.9 Å². The second-order valence-corrected chi connectivity index (χ2v) is 6.62. The number of fused-ring (bicyclic) bond motifs is 1. The van der Waals surface area contributed by atoms with Crippen molar-refractivity contribution >= 4 is 32.7 Å². The summed E-state index contributed by atoms with van der Waals surface area (Å²) in [6, 6.07) is 13.8. The van der Waals surface area contributed by atoms with Crippen molar-refractivity contribution in [3.63, 3.8) is 0 Å². The minimum Gasteiger partial charge on any atom is -0.484 e. The summed E-state index contributed by atoms with van der Waals surface area (Å²) in [5.41, 5.74) is 3.57. The maximum atomic E-state index is 11.9. The summed E-state index contributed by atoms with van der Waals surface area (Å²) in [5, 5.41) is 4.10. The first-order valence-corrected chi connectivity index (χ1v) is 8.63. The first kappa shape index (κ1) is 16.6. The second kappa shape index (κ2) is 7.53. The Morgan fingerprint density at radius 1 is 1.25 bits per heavy atom. The summed E-state index contributed by atoms with van der Waals surface area (Å²) in [4.78, 5) is 15.2. The summed E-state index contributed by atoms with van der Waals surface area (Å²) in [6.07, 6.45) is 2.79. The Hall–Kier alpha value is -2.27. The average molecular weight is 387 g/mol. The van der Waals surface area contributed by atoms with E-state index in [0.717, 1.165) is 16.4 Å². The Labute approximate surface area is 149 Å². The van der Waals surface area contributed by atoms with E-state index in [9.17, 15) is 4.79 Å². The Kier molecular flexibility index (Phi) is 5.20. The van der Waals surface area contributed by atoms with E-state index in [-0.39, 0.29) is 12.5 Å². The van der Waals surface area contributed by atoms with Gasteiger partial charge in [-0.3, -0.25) is 4.79 Å². The van der Waals surface area contributed by atoms with Crippen LogP contribution in [-0.2, 0) is 11.2 Å². The molecule has 2 aromatic carbocycles. The number of hydrogen-bond donors (Lipinski definition) is 2. The van der Waals surface area contributed by atoms with E-state index in [4.69, 9.17) is 4.74 Å². The molecule has 0 aliphatic rings. The molecule has 3 aromatic rings. The maximum Gasteiger partial charge on any atom is 0.257 e. The molecule has 0 radical (unpaired) electrons. The van der Waals surface area contributed by atoms with Crippen LogP contribution >= 0.6 is 15.9 Å². The van der Waals surface area contributed by atoms with Crippen LogP contribution in [0.1, 0.15) is 11.1 Å². The fourth-order valence-corrected chi connectivity index (χ4v) is 2.98. The molecule has 124 valence electrons. The highest BCUT2D eigenvalue weighted by Gasteiger charge is 2.06. The molecule has 0 atom stereocenters. The van der Waals surface area contributed by atoms with Gasteiger partial charge in [-0.25, -0.2) is 0 Å². The SMILES string of the molecule is Cc1ccc2c(CCNC(=O)COc3cccc(Br)c3)c[nH]c2c1. The van der Waals surface area contributed by atoms with E-state index in [1.54, 1.807) is 0 Å². The molecule has 0 aliphatic heterocycles. The molecule has 3 rings (SSSR count). The molecule has 1 amide bonds. The second-order valence-electron chi connectivity index (χ2n) is 5.71. The lowest BCUT2D eigenvalue weighted by molar-refractivity contribution is -0.123. The fraction of sp³-hybridized carbons (Fsp3) is 0.211. The van der Waals surface area contributed by atoms with E-state index in [1.807, 2.05) is 30.5 Å². The third-order valence-corrected chi connectivity index (χ3v) is 4.30. The highest BCUT2D eigenvalue weighted by Crippen LogP contribution is 2.20. The van der Waals surface area contributed by atoms with Crippen molar-refractivity contribution in [3.8, 4) is 5.75 Å². The number of rotatable bonds is 6. The zero-order valence-electron chi connectivity index (χ0n) is 13.4. The summed E-state index contributed by atoms with van der Waals surface area (Å²) < 4.78 is 6.40. The van der Waals surface area contributed by atoms with Crippen LogP contribution in [0, 0.1) is 6.92 Å². The first-order chi connectivity index (χ1) is 11.6. The van der Waals surface area contributed by atoms with Crippen molar-refractivity contribution in [1.82, 2.24) is 10.3 Å². The van der Waals surface area contributed by atoms with E-state index in [2.05, 4.69) is 51.4 Å². The minimum atomic E-state index is -0.120. The number of nitrogens with one attached hydrogen (secondary N) is 2. The number of aromatic amines is 1. The monoisotopic (exact) mass is 386 g/mol. The van der Waals surface area contributed by atoms with Gasteiger partial charge in [0.2, 0.25) is 0 Å². The first-order valence-electron chi connectivity index (χ1n) is 7.83. The molecule has 0 unspecified atom stereocenters. The zero-order valence-corrected chi connectivity index (χ0v) is 15.0. The number of H-pyrrole nitrogens is 1. The molecule has 0 bridgehead atoms. The van der Waals surface area contributed by atoms with Gasteiger partial charge in [0, 0.05) is 28.1 Å². The van der Waals surface area contributed by atoms with Crippen molar-refractivity contribution in [1.29, 1.82) is 0 Å². The van der Waals surface area contributed by atoms with Gasteiger partial charge < -0.3 is 15.0 Å². The molecule has 1 heterocycles. The summed E-state index contributed by atoms with van der Waals surface area (Å²) in [7, 11) is 0. The van der Waals surface area contributed by atoms with Crippen LogP contribution < -0.4 is 10.1 Å². The normalized spacial score (nSPS) is 10.8. The maximum absolute atomic E-state index is 11.9. The largest absolute Gasteiger partial charge is 0.484 e. The van der Waals surface area contributed by atoms with E-state index >= 15 is 0 Å². The van der Waals surface area contributed by atoms with Crippen molar-refractivity contribution < 1.29 is 9.53 Å². The van der Waals surface area contributed by atoms with Crippen molar-refractivity contribution in [2.24, 2.45) is 0 Å². The highest BCUT2D eigenvalue weighted by atomic mass is 79.9. The van der Waals surface area contributed by atoms with Crippen LogP contribution in [0.2, 0.25) is 0 Å². The van der Waals surface area contributed by atoms with Gasteiger partial charge >= 0.3 is 0 Å². The topological polar surface area (TPSA) is 54.1 Å². The quantitative estimate of drug-likeness (QED) is 0.673. The third-order valence-electron chi connectivity index (χ3n) is 3.81. The van der Waals surface area contributed by atoms with Crippen molar-refractivity contribution in [2.45, 2.75) is 13.3 Å². The molecular formula is C19H19BrN2O2. The number of aryl methyl sites for hydroxylation is 1. The van der Waals surface area contributed by atoms with Gasteiger partial charge in [0.25, 0.3) is 5.91 Å². The fourth-order valence-electron chi connectivity index (χ4n) is 2.60. The standard InChI is InChI=1S/C19H19BrN2O2/c1-13-5-6-17-14(11-22-18(17)9-13)7-8-21-19(23)12-24-16-4-2-3-15(20)10-16/h2-6,9-11,22H,7-8,12H2,1H3,(H,21,23). The Morgan fingerprint density at radius 3 is 2.96 bits per heavy atom. The van der Waals surface area contributed by atoms with Crippen molar-refractivity contribution in [2.75, 3.05) is 13.2 Å². The van der Waals surface area contributed by atoms with Gasteiger partial charge in [0.15, 0.2) is 6.61 Å². The molecule has 0 spiro atoms. The molecule has 0 fully saturated rings. The molecule has 0 aliphatic carbocycles. The number of benzene rings is 2. The number of carbonyl (C=O) groups excluding carboxylic acids is 1. The van der Waals surface area contributed by atoms with Crippen LogP contribution in [0.3, 0.4) is 0 Å². The number of ether oxygens (including phenoxy) is 1. The molecule has 2 N–H and O–H groups in total. The molecule has 24 heavy (non-hydrogen) atoms. The van der Waals surface area contributed by atoms with Crippen LogP contribution in [-0.4, -0.2) is 24.0 Å². The minimum absolute atomic E-state index is 0.0174. The van der Waals surface area contributed by atoms with Gasteiger partial charge in [-0.2, -0.15) is 0 Å². The molecule has 0 saturated heterocycles. The van der Waals surface area contributed by atoms with Gasteiger partial charge in [-0.1, -0.05) is 34.1 Å². The number of hydrogen-bond acceptors (Lipinski definition) is 2. The van der Waals surface area contributed by atoms with Crippen LogP contribution in [0.5, 0.6) is 5.75 Å². The zero-order chi connectivity index (χ0) is 16.9. The average Bonchev–Trinajstić information content (AvgIpc) is 2.95. The Balaban J connectivity index is 1.48. The van der Waals surface area contributed by atoms with E-state index in [0.29, 0.717) is 12.3 Å². The molecule has 5 heteroatoms. The number of carbonyl (C=O) groups is 1. The number of aromatic nitrogens is 1. The molecule has 0 saturated carbocycles. The van der Waals surface area contributed by atoms with Gasteiger partial charge in [-0.05, 0) is 48.7 Å². The third kappa shape index (κ3) is 4.17. The predicted molar refractivity (Wildman–Crippen MR) is 99.4 cm³/mol. The van der Waals surface area contributed by atoms with Gasteiger partial charge in [0.1, 0.15) is 5.75 Å². The lowest BCUT2D eigenvalue weighted by atomic mass is 10.1. The molecule has 4 nitrogen and oxygen atoms in total. The molecular weight excluding hydrogens is 368 g/mol. The lowest BCUT2D eigenvalue weighted by Gasteiger charge is -2.07. The van der Waals surface area contributed by atoms with Gasteiger partial charge in [0.05, 0.1) is 0 Å². The van der Waals surface area contributed by atoms with Gasteiger partial charge in [-0.15, -0.1) is 0 Å². The number of halogens is 1. The summed E-state index contributed by atoms with van der Waals surface area (Å²) >= 11 is 3.37. The van der Waals surface area contributed by atoms with Crippen LogP contribution in [0.15, 0.2) is 53.1 Å². The smallest absolute Gasteiger partial charge is 0.257 e. The van der Waals surface area contributed by atoms with E-state index in [1.165, 1.54) is 16.5 Å². The molecule has 1 aromatic heterocycles. The summed E-state index contributed by atoms with van der Waals surface area (Å²) in [6.45, 7) is 2.68. The predicted octanol–water partition coefficient (Wildman–Crippen LogP) is 3.98. The lowest BCUT2D eigenvalue weighted by Crippen LogP contribution is -2.30. The number of amides is 1. The highest BCUT2D eigenvalue weighted by molar-refractivity contribution is 9.10. The Bertz CT molecular complexity index is 857. The van der Waals surface area contributed by atoms with Crippen LogP contribution in [0.4, 0.5) is 0 Å². The van der Waals surface area contributed by atoms with E-state index < -0.39 is 0 Å². The summed E-state index contributed by atoms with van der Waals surface area (Å²) in [5.74, 6) is 0.553. The Morgan fingerprint density at radius 2 is 2.12 bits per heavy atom. The van der Waals surface area contributed by atoms with Crippen molar-refractivity contribution in [3.05, 3.63) is 64.3 Å².